The molecule has 1 aliphatic rings. The van der Waals surface area contributed by atoms with E-state index in [0.717, 1.165) is 50.5 Å². The number of amidine groups is 1. The summed E-state index contributed by atoms with van der Waals surface area (Å²) in [6.45, 7) is 8.32. The fraction of sp³-hybridized carbons (Fsp3) is 0.524. The van der Waals surface area contributed by atoms with Gasteiger partial charge >= 0.3 is 0 Å². The van der Waals surface area contributed by atoms with Crippen LogP contribution in [-0.4, -0.2) is 36.1 Å². The van der Waals surface area contributed by atoms with E-state index in [1.54, 1.807) is 7.11 Å². The third-order valence-corrected chi connectivity index (χ3v) is 6.01. The molecule has 0 unspecified atom stereocenters. The number of aliphatic imine (C=N–C) groups is 1. The van der Waals surface area contributed by atoms with Gasteiger partial charge in [-0.25, -0.2) is 4.98 Å². The normalized spacial score (nSPS) is 16.2. The average molecular weight is 372 g/mol. The lowest BCUT2D eigenvalue weighted by molar-refractivity contribution is 0.239. The fourth-order valence-corrected chi connectivity index (χ4v) is 4.41. The molecule has 4 nitrogen and oxygen atoms in total. The molecule has 2 aromatic rings. The van der Waals surface area contributed by atoms with Crippen molar-refractivity contribution in [2.45, 2.75) is 52.4 Å². The number of hydrogen-bond donors (Lipinski definition) is 0. The van der Waals surface area contributed by atoms with Crippen LogP contribution in [0.4, 0.5) is 5.69 Å². The van der Waals surface area contributed by atoms with E-state index < -0.39 is 0 Å². The molecule has 140 valence electrons. The number of piperidine rings is 1. The Morgan fingerprint density at radius 2 is 2.08 bits per heavy atom. The molecule has 1 aliphatic heterocycles. The van der Waals surface area contributed by atoms with E-state index >= 15 is 0 Å². The fourth-order valence-electron chi connectivity index (χ4n) is 3.39. The molecule has 0 amide bonds. The van der Waals surface area contributed by atoms with Gasteiger partial charge in [-0.05, 0) is 50.3 Å². The van der Waals surface area contributed by atoms with Gasteiger partial charge in [0.15, 0.2) is 0 Å². The van der Waals surface area contributed by atoms with Crippen molar-refractivity contribution >= 4 is 23.0 Å². The Kier molecular flexibility index (Phi) is 6.30. The molecule has 1 fully saturated rings. The molecular formula is C21H29N3OS. The molecule has 1 aromatic carbocycles. The molecule has 3 rings (SSSR count). The number of nitrogens with zero attached hydrogens (tertiary/aromatic N) is 3. The Bertz CT molecular complexity index is 760. The summed E-state index contributed by atoms with van der Waals surface area (Å²) in [5.74, 6) is 0.570. The van der Waals surface area contributed by atoms with Crippen LogP contribution in [0.15, 0.2) is 28.6 Å². The van der Waals surface area contributed by atoms with Crippen LogP contribution in [0.5, 0.6) is 0 Å². The first-order valence-electron chi connectivity index (χ1n) is 9.50. The zero-order valence-electron chi connectivity index (χ0n) is 16.3. The van der Waals surface area contributed by atoms with E-state index in [2.05, 4.69) is 49.3 Å². The second-order valence-corrected chi connectivity index (χ2v) is 7.97. The minimum Gasteiger partial charge on any atom is -0.468 e. The SMILES string of the molecule is CCCc1csc(C2CCN(/C(=N/c3cc(C)ccc3C)OC)CC2)n1. The monoisotopic (exact) mass is 371 g/mol. The van der Waals surface area contributed by atoms with Crippen molar-refractivity contribution in [3.05, 3.63) is 45.4 Å². The molecule has 0 bridgehead atoms. The number of hydrogen-bond acceptors (Lipinski definition) is 4. The standard InChI is InChI=1S/C21H29N3OS/c1-5-6-18-14-26-20(22-18)17-9-11-24(12-10-17)21(25-4)23-19-13-15(2)7-8-16(19)3/h7-8,13-14,17H,5-6,9-12H2,1-4H3/b23-21-. The maximum Gasteiger partial charge on any atom is 0.292 e. The first-order valence-corrected chi connectivity index (χ1v) is 10.4. The molecule has 0 N–H and O–H groups in total. The molecule has 0 aliphatic carbocycles. The zero-order chi connectivity index (χ0) is 18.5. The Balaban J connectivity index is 1.67. The summed E-state index contributed by atoms with van der Waals surface area (Å²) < 4.78 is 5.63. The van der Waals surface area contributed by atoms with Crippen LogP contribution in [0.25, 0.3) is 0 Å². The topological polar surface area (TPSA) is 37.7 Å². The highest BCUT2D eigenvalue weighted by atomic mass is 32.1. The van der Waals surface area contributed by atoms with E-state index in [0.29, 0.717) is 5.92 Å². The first-order chi connectivity index (χ1) is 12.6. The maximum atomic E-state index is 5.63. The molecule has 0 saturated carbocycles. The highest BCUT2D eigenvalue weighted by molar-refractivity contribution is 7.09. The van der Waals surface area contributed by atoms with E-state index in [4.69, 9.17) is 14.7 Å². The Morgan fingerprint density at radius 3 is 2.77 bits per heavy atom. The third kappa shape index (κ3) is 4.44. The van der Waals surface area contributed by atoms with E-state index in [1.807, 2.05) is 11.3 Å². The number of rotatable bonds is 4. The van der Waals surface area contributed by atoms with Crippen molar-refractivity contribution in [3.63, 3.8) is 0 Å². The smallest absolute Gasteiger partial charge is 0.292 e. The van der Waals surface area contributed by atoms with Gasteiger partial charge in [-0.15, -0.1) is 11.3 Å². The summed E-state index contributed by atoms with van der Waals surface area (Å²) in [6.07, 6.45) is 4.46. The quantitative estimate of drug-likeness (QED) is 0.546. The van der Waals surface area contributed by atoms with Crippen LogP contribution in [0.1, 0.15) is 53.9 Å². The summed E-state index contributed by atoms with van der Waals surface area (Å²) in [5, 5.41) is 3.53. The average Bonchev–Trinajstić information content (AvgIpc) is 3.11. The number of thiazole rings is 1. The van der Waals surface area contributed by atoms with Gasteiger partial charge in [0.2, 0.25) is 0 Å². The summed E-state index contributed by atoms with van der Waals surface area (Å²) in [7, 11) is 1.72. The molecule has 1 aromatic heterocycles. The Morgan fingerprint density at radius 1 is 1.31 bits per heavy atom. The number of aryl methyl sites for hydroxylation is 3. The maximum absolute atomic E-state index is 5.63. The first kappa shape index (κ1) is 18.9. The van der Waals surface area contributed by atoms with Crippen molar-refractivity contribution in [2.75, 3.05) is 20.2 Å². The lowest BCUT2D eigenvalue weighted by Gasteiger charge is -2.32. The predicted octanol–water partition coefficient (Wildman–Crippen LogP) is 5.23. The predicted molar refractivity (Wildman–Crippen MR) is 110 cm³/mol. The second-order valence-electron chi connectivity index (χ2n) is 7.08. The largest absolute Gasteiger partial charge is 0.468 e. The Hall–Kier alpha value is -1.88. The number of ether oxygens (including phenoxy) is 1. The number of methoxy groups -OCH3 is 1. The minimum absolute atomic E-state index is 0.570. The van der Waals surface area contributed by atoms with Crippen molar-refractivity contribution in [3.8, 4) is 0 Å². The van der Waals surface area contributed by atoms with Gasteiger partial charge < -0.3 is 9.64 Å². The van der Waals surface area contributed by atoms with Crippen molar-refractivity contribution < 1.29 is 4.74 Å². The molecule has 2 heterocycles. The van der Waals surface area contributed by atoms with Crippen LogP contribution in [0, 0.1) is 13.8 Å². The number of likely N-dealkylation sites (tertiary alicyclic amines) is 1. The molecule has 0 spiro atoms. The summed E-state index contributed by atoms with van der Waals surface area (Å²) in [4.78, 5) is 11.9. The molecule has 0 atom stereocenters. The van der Waals surface area contributed by atoms with E-state index in [1.165, 1.54) is 21.8 Å². The second kappa shape index (κ2) is 8.67. The molecule has 26 heavy (non-hydrogen) atoms. The van der Waals surface area contributed by atoms with E-state index in [-0.39, 0.29) is 0 Å². The van der Waals surface area contributed by atoms with Crippen molar-refractivity contribution in [1.82, 2.24) is 9.88 Å². The van der Waals surface area contributed by atoms with Crippen LogP contribution >= 0.6 is 11.3 Å². The van der Waals surface area contributed by atoms with Crippen LogP contribution in [0.2, 0.25) is 0 Å². The third-order valence-electron chi connectivity index (χ3n) is 4.95. The van der Waals surface area contributed by atoms with Crippen molar-refractivity contribution in [1.29, 1.82) is 0 Å². The molecule has 0 radical (unpaired) electrons. The minimum atomic E-state index is 0.570. The van der Waals surface area contributed by atoms with Gasteiger partial charge in [0.1, 0.15) is 0 Å². The number of benzene rings is 1. The van der Waals surface area contributed by atoms with Gasteiger partial charge in [0.25, 0.3) is 6.02 Å². The molecular weight excluding hydrogens is 342 g/mol. The van der Waals surface area contributed by atoms with Crippen LogP contribution < -0.4 is 0 Å². The highest BCUT2D eigenvalue weighted by Gasteiger charge is 2.25. The lowest BCUT2D eigenvalue weighted by atomic mass is 9.98. The van der Waals surface area contributed by atoms with Gasteiger partial charge in [-0.1, -0.05) is 25.5 Å². The summed E-state index contributed by atoms with van der Waals surface area (Å²) in [5.41, 5.74) is 4.64. The Labute approximate surface area is 160 Å². The van der Waals surface area contributed by atoms with Gasteiger partial charge in [-0.3, -0.25) is 0 Å². The van der Waals surface area contributed by atoms with Gasteiger partial charge in [0, 0.05) is 24.4 Å². The zero-order valence-corrected chi connectivity index (χ0v) is 17.1. The van der Waals surface area contributed by atoms with E-state index in [9.17, 15) is 0 Å². The summed E-state index contributed by atoms with van der Waals surface area (Å²) >= 11 is 1.83. The van der Waals surface area contributed by atoms with Crippen LogP contribution in [-0.2, 0) is 11.2 Å². The summed E-state index contributed by atoms with van der Waals surface area (Å²) in [6, 6.07) is 7.08. The van der Waals surface area contributed by atoms with Gasteiger partial charge in [-0.2, -0.15) is 4.99 Å². The van der Waals surface area contributed by atoms with Crippen LogP contribution in [0.3, 0.4) is 0 Å². The van der Waals surface area contributed by atoms with Crippen molar-refractivity contribution in [2.24, 2.45) is 4.99 Å². The van der Waals surface area contributed by atoms with Gasteiger partial charge in [0.05, 0.1) is 23.5 Å². The molecule has 5 heteroatoms. The lowest BCUT2D eigenvalue weighted by Crippen LogP contribution is -2.38. The highest BCUT2D eigenvalue weighted by Crippen LogP contribution is 2.31. The number of aromatic nitrogens is 1. The molecule has 1 saturated heterocycles.